The van der Waals surface area contributed by atoms with Crippen molar-refractivity contribution in [2.75, 3.05) is 46.0 Å². The Bertz CT molecular complexity index is 372. The Balaban J connectivity index is 2.30. The number of rotatable bonds is 6. The number of hydrogen-bond acceptors (Lipinski definition) is 3. The summed E-state index contributed by atoms with van der Waals surface area (Å²) in [6.07, 6.45) is -1.26. The lowest BCUT2D eigenvalue weighted by Gasteiger charge is -2.24. The Kier molecular flexibility index (Phi) is 7.31. The van der Waals surface area contributed by atoms with Crippen LogP contribution in [-0.4, -0.2) is 67.8 Å². The molecule has 1 saturated heterocycles. The highest BCUT2D eigenvalue weighted by molar-refractivity contribution is 7.99. The van der Waals surface area contributed by atoms with E-state index in [4.69, 9.17) is 0 Å². The molecule has 0 amide bonds. The third-order valence-electron chi connectivity index (χ3n) is 3.79. The molecule has 0 saturated carbocycles. The molecule has 130 valence electrons. The monoisotopic (exact) mass is 340 g/mol. The molecular formula is C14H27F3N4S. The summed E-state index contributed by atoms with van der Waals surface area (Å²) in [5, 5.41) is 6.47. The van der Waals surface area contributed by atoms with Gasteiger partial charge in [0.15, 0.2) is 5.96 Å². The maximum Gasteiger partial charge on any atom is 0.401 e. The average Bonchev–Trinajstić information content (AvgIpc) is 2.84. The molecule has 0 aliphatic carbocycles. The SMILES string of the molecule is CN=C(NCC1CCN(CC(F)(F)F)C1)NCC(C)(C)SC. The highest BCUT2D eigenvalue weighted by Gasteiger charge is 2.34. The van der Waals surface area contributed by atoms with Gasteiger partial charge in [0.25, 0.3) is 0 Å². The molecule has 1 rings (SSSR count). The van der Waals surface area contributed by atoms with E-state index in [0.29, 0.717) is 25.6 Å². The van der Waals surface area contributed by atoms with Crippen LogP contribution in [0.5, 0.6) is 0 Å². The zero-order chi connectivity index (χ0) is 16.8. The minimum Gasteiger partial charge on any atom is -0.356 e. The zero-order valence-corrected chi connectivity index (χ0v) is 14.6. The molecule has 1 heterocycles. The Morgan fingerprint density at radius 1 is 1.32 bits per heavy atom. The largest absolute Gasteiger partial charge is 0.401 e. The fraction of sp³-hybridized carbons (Fsp3) is 0.929. The second-order valence-corrected chi connectivity index (χ2v) is 7.79. The van der Waals surface area contributed by atoms with Crippen molar-refractivity contribution < 1.29 is 13.2 Å². The van der Waals surface area contributed by atoms with E-state index in [2.05, 4.69) is 35.7 Å². The molecule has 0 aromatic rings. The van der Waals surface area contributed by atoms with Crippen molar-refractivity contribution in [1.29, 1.82) is 0 Å². The van der Waals surface area contributed by atoms with Crippen LogP contribution in [0.3, 0.4) is 0 Å². The number of alkyl halides is 3. The van der Waals surface area contributed by atoms with Gasteiger partial charge >= 0.3 is 6.18 Å². The molecule has 1 atom stereocenters. The first-order chi connectivity index (χ1) is 10.1. The summed E-state index contributed by atoms with van der Waals surface area (Å²) < 4.78 is 37.2. The Labute approximate surface area is 135 Å². The minimum absolute atomic E-state index is 0.106. The molecule has 8 heteroatoms. The normalized spacial score (nSPS) is 21.2. The maximum atomic E-state index is 12.4. The van der Waals surface area contributed by atoms with Crippen molar-refractivity contribution in [3.63, 3.8) is 0 Å². The molecule has 0 spiro atoms. The number of aliphatic imine (C=N–C) groups is 1. The van der Waals surface area contributed by atoms with E-state index in [9.17, 15) is 13.2 Å². The van der Waals surface area contributed by atoms with Crippen LogP contribution in [0.4, 0.5) is 13.2 Å². The molecule has 1 unspecified atom stereocenters. The van der Waals surface area contributed by atoms with Gasteiger partial charge in [-0.1, -0.05) is 0 Å². The van der Waals surface area contributed by atoms with Crippen molar-refractivity contribution in [2.45, 2.75) is 31.2 Å². The first kappa shape index (κ1) is 19.4. The summed E-state index contributed by atoms with van der Waals surface area (Å²) in [5.74, 6) is 0.936. The number of hydrogen-bond donors (Lipinski definition) is 2. The Hall–Kier alpha value is -0.630. The molecule has 0 aromatic carbocycles. The van der Waals surface area contributed by atoms with E-state index >= 15 is 0 Å². The second kappa shape index (κ2) is 8.29. The van der Waals surface area contributed by atoms with Gasteiger partial charge < -0.3 is 10.6 Å². The van der Waals surface area contributed by atoms with Crippen molar-refractivity contribution in [2.24, 2.45) is 10.9 Å². The molecule has 4 nitrogen and oxygen atoms in total. The standard InChI is InChI=1S/C14H27F3N4S/c1-13(2,22-4)9-20-12(18-3)19-7-11-5-6-21(8-11)10-14(15,16)17/h11H,5-10H2,1-4H3,(H2,18,19,20). The second-order valence-electron chi connectivity index (χ2n) is 6.28. The Morgan fingerprint density at radius 2 is 2.00 bits per heavy atom. The highest BCUT2D eigenvalue weighted by Crippen LogP contribution is 2.22. The predicted octanol–water partition coefficient (Wildman–Crippen LogP) is 2.18. The van der Waals surface area contributed by atoms with Crippen molar-refractivity contribution in [3.05, 3.63) is 0 Å². The van der Waals surface area contributed by atoms with Crippen molar-refractivity contribution in [3.8, 4) is 0 Å². The number of likely N-dealkylation sites (tertiary alicyclic amines) is 1. The quantitative estimate of drug-likeness (QED) is 0.574. The van der Waals surface area contributed by atoms with E-state index < -0.39 is 12.7 Å². The predicted molar refractivity (Wildman–Crippen MR) is 87.6 cm³/mol. The summed E-state index contributed by atoms with van der Waals surface area (Å²) in [6, 6.07) is 0. The smallest absolute Gasteiger partial charge is 0.356 e. The molecule has 22 heavy (non-hydrogen) atoms. The highest BCUT2D eigenvalue weighted by atomic mass is 32.2. The number of guanidine groups is 1. The third kappa shape index (κ3) is 7.58. The van der Waals surface area contributed by atoms with Crippen molar-refractivity contribution >= 4 is 17.7 Å². The van der Waals surface area contributed by atoms with E-state index in [0.717, 1.165) is 13.0 Å². The van der Waals surface area contributed by atoms with Gasteiger partial charge in [0.1, 0.15) is 0 Å². The first-order valence-corrected chi connectivity index (χ1v) is 8.66. The fourth-order valence-electron chi connectivity index (χ4n) is 2.31. The fourth-order valence-corrected chi connectivity index (χ4v) is 2.52. The molecule has 0 radical (unpaired) electrons. The van der Waals surface area contributed by atoms with Crippen LogP contribution in [0.1, 0.15) is 20.3 Å². The van der Waals surface area contributed by atoms with Gasteiger partial charge in [-0.2, -0.15) is 24.9 Å². The van der Waals surface area contributed by atoms with Gasteiger partial charge in [0, 0.05) is 31.4 Å². The lowest BCUT2D eigenvalue weighted by atomic mass is 10.1. The van der Waals surface area contributed by atoms with E-state index in [-0.39, 0.29) is 10.7 Å². The topological polar surface area (TPSA) is 39.7 Å². The average molecular weight is 340 g/mol. The zero-order valence-electron chi connectivity index (χ0n) is 13.8. The summed E-state index contributed by atoms with van der Waals surface area (Å²) in [5.41, 5.74) is 0. The molecule has 0 aromatic heterocycles. The van der Waals surface area contributed by atoms with Gasteiger partial charge in [0.05, 0.1) is 6.54 Å². The van der Waals surface area contributed by atoms with E-state index in [1.807, 2.05) is 0 Å². The van der Waals surface area contributed by atoms with Gasteiger partial charge in [-0.15, -0.1) is 0 Å². The number of halogens is 3. The van der Waals surface area contributed by atoms with E-state index in [1.165, 1.54) is 4.90 Å². The molecule has 1 aliphatic rings. The first-order valence-electron chi connectivity index (χ1n) is 7.44. The van der Waals surface area contributed by atoms with Gasteiger partial charge in [-0.05, 0) is 39.0 Å². The Morgan fingerprint density at radius 3 is 2.55 bits per heavy atom. The molecule has 0 bridgehead atoms. The number of nitrogens with one attached hydrogen (secondary N) is 2. The van der Waals surface area contributed by atoms with Gasteiger partial charge in [-0.3, -0.25) is 9.89 Å². The summed E-state index contributed by atoms with van der Waals surface area (Å²) in [7, 11) is 1.70. The van der Waals surface area contributed by atoms with Crippen LogP contribution in [-0.2, 0) is 0 Å². The maximum absolute atomic E-state index is 12.4. The van der Waals surface area contributed by atoms with Crippen LogP contribution < -0.4 is 10.6 Å². The summed E-state index contributed by atoms with van der Waals surface area (Å²) in [6.45, 7) is 5.90. The van der Waals surface area contributed by atoms with Crippen LogP contribution >= 0.6 is 11.8 Å². The molecular weight excluding hydrogens is 313 g/mol. The van der Waals surface area contributed by atoms with Crippen molar-refractivity contribution in [1.82, 2.24) is 15.5 Å². The molecule has 2 N–H and O–H groups in total. The van der Waals surface area contributed by atoms with Crippen LogP contribution in [0, 0.1) is 5.92 Å². The third-order valence-corrected chi connectivity index (χ3v) is 5.04. The minimum atomic E-state index is -4.11. The molecule has 1 fully saturated rings. The molecule has 1 aliphatic heterocycles. The lowest BCUT2D eigenvalue weighted by molar-refractivity contribution is -0.143. The lowest BCUT2D eigenvalue weighted by Crippen LogP contribution is -2.45. The van der Waals surface area contributed by atoms with Gasteiger partial charge in [-0.25, -0.2) is 0 Å². The van der Waals surface area contributed by atoms with Crippen LogP contribution in [0.2, 0.25) is 0 Å². The summed E-state index contributed by atoms with van der Waals surface area (Å²) in [4.78, 5) is 5.63. The van der Waals surface area contributed by atoms with Crippen LogP contribution in [0.25, 0.3) is 0 Å². The van der Waals surface area contributed by atoms with E-state index in [1.54, 1.807) is 18.8 Å². The number of nitrogens with zero attached hydrogens (tertiary/aromatic N) is 2. The summed E-state index contributed by atoms with van der Waals surface area (Å²) >= 11 is 1.77. The number of thioether (sulfide) groups is 1. The van der Waals surface area contributed by atoms with Crippen LogP contribution in [0.15, 0.2) is 4.99 Å². The van der Waals surface area contributed by atoms with Gasteiger partial charge in [0.2, 0.25) is 0 Å².